The Bertz CT molecular complexity index is 110. The molecule has 0 saturated heterocycles. The molecular weight excluding hydrogens is 183 g/mol. The summed E-state index contributed by atoms with van der Waals surface area (Å²) < 4.78 is 0. The van der Waals surface area contributed by atoms with Crippen LogP contribution < -0.4 is 29.6 Å². The van der Waals surface area contributed by atoms with Crippen molar-refractivity contribution in [2.45, 2.75) is 71.1 Å². The number of carbonyl (C=O) groups is 1. The van der Waals surface area contributed by atoms with E-state index in [0.717, 1.165) is 19.1 Å². The number of hydrogen-bond donors (Lipinski definition) is 0. The van der Waals surface area contributed by atoms with Gasteiger partial charge in [0.15, 0.2) is 0 Å². The minimum absolute atomic E-state index is 0. The molecule has 0 aromatic heterocycles. The molecule has 0 amide bonds. The van der Waals surface area contributed by atoms with Gasteiger partial charge < -0.3 is 6.22 Å². The van der Waals surface area contributed by atoms with Gasteiger partial charge in [0.1, 0.15) is 6.29 Å². The Morgan fingerprint density at radius 1 is 0.857 bits per heavy atom. The molecule has 0 fully saturated rings. The SMILES string of the molecule is CCCCCCCCCCCC=O.[H-].[Na+]. The van der Waals surface area contributed by atoms with Gasteiger partial charge >= 0.3 is 29.6 Å². The Morgan fingerprint density at radius 2 is 1.29 bits per heavy atom. The van der Waals surface area contributed by atoms with E-state index in [2.05, 4.69) is 6.92 Å². The molecule has 0 aliphatic carbocycles. The second-order valence-corrected chi connectivity index (χ2v) is 3.78. The predicted molar refractivity (Wildman–Crippen MR) is 59.0 cm³/mol. The van der Waals surface area contributed by atoms with Crippen molar-refractivity contribution in [3.63, 3.8) is 0 Å². The fourth-order valence-electron chi connectivity index (χ4n) is 1.54. The first kappa shape index (κ1) is 17.1. The maximum atomic E-state index is 10.0. The first-order valence-corrected chi connectivity index (χ1v) is 5.85. The van der Waals surface area contributed by atoms with Crippen molar-refractivity contribution in [1.82, 2.24) is 0 Å². The second-order valence-electron chi connectivity index (χ2n) is 3.78. The van der Waals surface area contributed by atoms with Crippen molar-refractivity contribution >= 4 is 6.29 Å². The smallest absolute Gasteiger partial charge is 1.00 e. The van der Waals surface area contributed by atoms with Gasteiger partial charge in [-0.2, -0.15) is 0 Å². The van der Waals surface area contributed by atoms with E-state index in [4.69, 9.17) is 0 Å². The molecule has 0 aliphatic heterocycles. The molecule has 1 nitrogen and oxygen atoms in total. The van der Waals surface area contributed by atoms with Crippen molar-refractivity contribution in [3.05, 3.63) is 0 Å². The third kappa shape index (κ3) is 15.2. The summed E-state index contributed by atoms with van der Waals surface area (Å²) in [6.07, 6.45) is 13.7. The van der Waals surface area contributed by atoms with Crippen LogP contribution in [0.2, 0.25) is 0 Å². The van der Waals surface area contributed by atoms with E-state index < -0.39 is 0 Å². The third-order valence-electron chi connectivity index (χ3n) is 2.43. The molecule has 0 aromatic carbocycles. The molecule has 0 N–H and O–H groups in total. The molecule has 2 heteroatoms. The van der Waals surface area contributed by atoms with Crippen LogP contribution in [-0.4, -0.2) is 6.29 Å². The Morgan fingerprint density at radius 3 is 1.71 bits per heavy atom. The van der Waals surface area contributed by atoms with Crippen molar-refractivity contribution in [2.24, 2.45) is 0 Å². The number of aldehydes is 1. The molecule has 14 heavy (non-hydrogen) atoms. The van der Waals surface area contributed by atoms with Crippen LogP contribution in [0.5, 0.6) is 0 Å². The summed E-state index contributed by atoms with van der Waals surface area (Å²) in [7, 11) is 0. The third-order valence-corrected chi connectivity index (χ3v) is 2.43. The molecule has 0 bridgehead atoms. The molecule has 0 aromatic rings. The summed E-state index contributed by atoms with van der Waals surface area (Å²) in [6.45, 7) is 2.25. The van der Waals surface area contributed by atoms with Crippen molar-refractivity contribution in [3.8, 4) is 0 Å². The van der Waals surface area contributed by atoms with E-state index in [1.807, 2.05) is 0 Å². The Kier molecular flexibility index (Phi) is 19.7. The molecule has 0 rings (SSSR count). The zero-order valence-corrected chi connectivity index (χ0v) is 12.1. The Labute approximate surface area is 113 Å². The van der Waals surface area contributed by atoms with E-state index >= 15 is 0 Å². The number of hydrogen-bond acceptors (Lipinski definition) is 1. The van der Waals surface area contributed by atoms with Crippen LogP contribution in [0.1, 0.15) is 72.6 Å². The monoisotopic (exact) mass is 208 g/mol. The van der Waals surface area contributed by atoms with E-state index in [1.165, 1.54) is 51.4 Å². The van der Waals surface area contributed by atoms with Crippen molar-refractivity contribution in [1.29, 1.82) is 0 Å². The summed E-state index contributed by atoms with van der Waals surface area (Å²) in [4.78, 5) is 10.0. The zero-order chi connectivity index (χ0) is 9.78. The van der Waals surface area contributed by atoms with Crippen LogP contribution in [0.15, 0.2) is 0 Å². The zero-order valence-electron chi connectivity index (χ0n) is 11.1. The number of rotatable bonds is 10. The van der Waals surface area contributed by atoms with Crippen molar-refractivity contribution in [2.75, 3.05) is 0 Å². The van der Waals surface area contributed by atoms with Crippen LogP contribution in [-0.2, 0) is 4.79 Å². The molecule has 0 unspecified atom stereocenters. The van der Waals surface area contributed by atoms with Gasteiger partial charge in [0.05, 0.1) is 0 Å². The summed E-state index contributed by atoms with van der Waals surface area (Å²) in [5.74, 6) is 0. The van der Waals surface area contributed by atoms with E-state index in [-0.39, 0.29) is 31.0 Å². The van der Waals surface area contributed by atoms with Crippen LogP contribution in [0, 0.1) is 0 Å². The molecular formula is C12H25NaO. The fourth-order valence-corrected chi connectivity index (χ4v) is 1.54. The van der Waals surface area contributed by atoms with Gasteiger partial charge in [-0.15, -0.1) is 0 Å². The molecule has 0 saturated carbocycles. The summed E-state index contributed by atoms with van der Waals surface area (Å²) >= 11 is 0. The van der Waals surface area contributed by atoms with Crippen LogP contribution in [0.25, 0.3) is 0 Å². The maximum Gasteiger partial charge on any atom is 1.00 e. The predicted octanol–water partition coefficient (Wildman–Crippen LogP) is 1.22. The first-order chi connectivity index (χ1) is 6.41. The summed E-state index contributed by atoms with van der Waals surface area (Å²) in [5, 5.41) is 0. The number of carbonyl (C=O) groups excluding carboxylic acids is 1. The summed E-state index contributed by atoms with van der Waals surface area (Å²) in [5.41, 5.74) is 0. The minimum Gasteiger partial charge on any atom is -1.00 e. The van der Waals surface area contributed by atoms with E-state index in [1.54, 1.807) is 0 Å². The van der Waals surface area contributed by atoms with Gasteiger partial charge in [-0.05, 0) is 6.42 Å². The molecule has 0 radical (unpaired) electrons. The molecule has 0 spiro atoms. The van der Waals surface area contributed by atoms with Gasteiger partial charge in [-0.3, -0.25) is 0 Å². The van der Waals surface area contributed by atoms with Gasteiger partial charge in [-0.25, -0.2) is 0 Å². The second kappa shape index (κ2) is 16.1. The van der Waals surface area contributed by atoms with E-state index in [9.17, 15) is 4.79 Å². The van der Waals surface area contributed by atoms with Gasteiger partial charge in [0.25, 0.3) is 0 Å². The van der Waals surface area contributed by atoms with Gasteiger partial charge in [0, 0.05) is 6.42 Å². The van der Waals surface area contributed by atoms with Gasteiger partial charge in [0.2, 0.25) is 0 Å². The average molecular weight is 208 g/mol. The van der Waals surface area contributed by atoms with Crippen LogP contribution in [0.3, 0.4) is 0 Å². The van der Waals surface area contributed by atoms with Gasteiger partial charge in [-0.1, -0.05) is 58.3 Å². The molecule has 0 atom stereocenters. The fraction of sp³-hybridized carbons (Fsp3) is 0.917. The topological polar surface area (TPSA) is 17.1 Å². The standard InChI is InChI=1S/C12H24O.Na.H/c1-2-3-4-5-6-7-8-9-10-11-12-13;;/h12H,2-11H2,1H3;;/q;+1;-1. The normalized spacial score (nSPS) is 9.50. The maximum absolute atomic E-state index is 10.0. The minimum atomic E-state index is 0. The van der Waals surface area contributed by atoms with Crippen LogP contribution in [0.4, 0.5) is 0 Å². The quantitative estimate of drug-likeness (QED) is 0.300. The Hall–Kier alpha value is 0.670. The molecule has 80 valence electrons. The molecule has 0 aliphatic rings. The van der Waals surface area contributed by atoms with Crippen molar-refractivity contribution < 1.29 is 35.8 Å². The largest absolute Gasteiger partial charge is 1.00 e. The summed E-state index contributed by atoms with van der Waals surface area (Å²) in [6, 6.07) is 0. The molecule has 0 heterocycles. The Balaban J connectivity index is -0.000000720. The average Bonchev–Trinajstić information content (AvgIpc) is 2.16. The van der Waals surface area contributed by atoms with Crippen LogP contribution >= 0.6 is 0 Å². The first-order valence-electron chi connectivity index (χ1n) is 5.85. The number of unbranched alkanes of at least 4 members (excludes halogenated alkanes) is 9. The van der Waals surface area contributed by atoms with E-state index in [0.29, 0.717) is 0 Å².